The zero-order valence-corrected chi connectivity index (χ0v) is 42.2. The van der Waals surface area contributed by atoms with Crippen molar-refractivity contribution in [3.63, 3.8) is 0 Å². The predicted molar refractivity (Wildman–Crippen MR) is 254 cm³/mol. The van der Waals surface area contributed by atoms with Crippen molar-refractivity contribution < 1.29 is 82.5 Å². The summed E-state index contributed by atoms with van der Waals surface area (Å²) in [5, 5.41) is 22.0. The van der Waals surface area contributed by atoms with Gasteiger partial charge in [0, 0.05) is 74.9 Å². The van der Waals surface area contributed by atoms with E-state index < -0.39 is 115 Å². The van der Waals surface area contributed by atoms with Gasteiger partial charge in [-0.15, -0.1) is 0 Å². The first-order chi connectivity index (χ1) is 35.9. The number of hydrazine groups is 1. The van der Waals surface area contributed by atoms with Crippen LogP contribution in [-0.2, 0) is 36.8 Å². The number of aromatic nitrogens is 3. The first-order valence-electron chi connectivity index (χ1n) is 23.1. The van der Waals surface area contributed by atoms with Crippen LogP contribution < -0.4 is 26.3 Å². The quantitative estimate of drug-likeness (QED) is 0.0452. The van der Waals surface area contributed by atoms with Gasteiger partial charge in [0.1, 0.15) is 28.9 Å². The van der Waals surface area contributed by atoms with E-state index in [0.29, 0.717) is 74.9 Å². The minimum Gasteiger partial charge on any atom is -0.453 e. The van der Waals surface area contributed by atoms with Gasteiger partial charge in [-0.1, -0.05) is 24.0 Å². The Balaban J connectivity index is 1.53. The Kier molecular flexibility index (Phi) is 19.2. The SMILES string of the molecule is CNC(=O)O[C@H](C(=O)NN(Cc1c(F)cc(-c2ccn(C(F)F)n2)cc1F)C[C@H](O)[C@H](Cc1ccc(C#Cc2ccc(N3CCN(C)C(=O)C3)nc2)cc1)NC(=O)[C@@H](NC(=O)OC)C(C)(C)C(F)(F)F)C(C)(C)C(F)(F)F. The maximum Gasteiger partial charge on any atom is 0.407 e. The van der Waals surface area contributed by atoms with Crippen molar-refractivity contribution in [3.05, 3.63) is 101 Å². The lowest BCUT2D eigenvalue weighted by molar-refractivity contribution is -0.239. The molecule has 28 heteroatoms. The molecule has 1 aliphatic rings. The van der Waals surface area contributed by atoms with Gasteiger partial charge in [-0.3, -0.25) is 19.8 Å². The number of alkyl carbamates (subject to hydrolysis) is 2. The van der Waals surface area contributed by atoms with Crippen molar-refractivity contribution in [2.45, 2.75) is 83.9 Å². The molecule has 0 aliphatic carbocycles. The highest BCUT2D eigenvalue weighted by Crippen LogP contribution is 2.42. The van der Waals surface area contributed by atoms with Crippen molar-refractivity contribution in [3.8, 4) is 23.1 Å². The first kappa shape index (κ1) is 60.2. The zero-order chi connectivity index (χ0) is 57.4. The van der Waals surface area contributed by atoms with Gasteiger partial charge in [0.25, 0.3) is 5.91 Å². The van der Waals surface area contributed by atoms with Crippen LogP contribution in [0.4, 0.5) is 59.3 Å². The number of likely N-dealkylation sites (N-methyl/N-ethyl adjacent to an activating group) is 1. The molecule has 4 aromatic rings. The van der Waals surface area contributed by atoms with Gasteiger partial charge in [-0.05, 0) is 82.1 Å². The average Bonchev–Trinajstić information content (AvgIpc) is 3.87. The molecular formula is C49H54F10N10O8. The minimum atomic E-state index is -5.27. The molecular weight excluding hydrogens is 1050 g/mol. The van der Waals surface area contributed by atoms with E-state index in [9.17, 15) is 64.2 Å². The number of amides is 5. The summed E-state index contributed by atoms with van der Waals surface area (Å²) in [5.41, 5.74) is -4.79. The number of aliphatic hydroxyl groups is 1. The fourth-order valence-corrected chi connectivity index (χ4v) is 7.44. The summed E-state index contributed by atoms with van der Waals surface area (Å²) in [6.07, 6.45) is -16.6. The average molecular weight is 1100 g/mol. The second-order valence-electron chi connectivity index (χ2n) is 18.8. The fraction of sp³-hybridized carbons (Fsp3) is 0.449. The molecule has 1 aliphatic heterocycles. The van der Waals surface area contributed by atoms with E-state index in [2.05, 4.69) is 32.0 Å². The lowest BCUT2D eigenvalue weighted by Gasteiger charge is -2.37. The molecule has 0 spiro atoms. The molecule has 1 fully saturated rings. The van der Waals surface area contributed by atoms with E-state index >= 15 is 8.78 Å². The minimum absolute atomic E-state index is 0.0721. The summed E-state index contributed by atoms with van der Waals surface area (Å²) in [5.74, 6) is 0.127. The van der Waals surface area contributed by atoms with Crippen LogP contribution in [0.3, 0.4) is 0 Å². The van der Waals surface area contributed by atoms with E-state index in [4.69, 9.17) is 4.74 Å². The molecule has 5 amide bonds. The number of rotatable bonds is 18. The van der Waals surface area contributed by atoms with Crippen molar-refractivity contribution in [2.75, 3.05) is 52.3 Å². The van der Waals surface area contributed by atoms with Gasteiger partial charge in [0.15, 0.2) is 6.10 Å². The monoisotopic (exact) mass is 1100 g/mol. The highest BCUT2D eigenvalue weighted by Gasteiger charge is 2.58. The Hall–Kier alpha value is -7.67. The molecule has 2 aromatic carbocycles. The number of methoxy groups -OCH3 is 1. The van der Waals surface area contributed by atoms with E-state index in [1.807, 2.05) is 21.0 Å². The molecule has 0 bridgehead atoms. The summed E-state index contributed by atoms with van der Waals surface area (Å²) < 4.78 is 155. The van der Waals surface area contributed by atoms with Crippen LogP contribution in [0.1, 0.15) is 56.5 Å². The fourth-order valence-electron chi connectivity index (χ4n) is 7.44. The molecule has 77 heavy (non-hydrogen) atoms. The van der Waals surface area contributed by atoms with Crippen LogP contribution in [0.25, 0.3) is 11.3 Å². The molecule has 0 radical (unpaired) electrons. The maximum atomic E-state index is 16.0. The summed E-state index contributed by atoms with van der Waals surface area (Å²) in [7, 11) is 3.47. The summed E-state index contributed by atoms with van der Waals surface area (Å²) in [6.45, 7) is -2.09. The van der Waals surface area contributed by atoms with Crippen LogP contribution >= 0.6 is 0 Å². The third kappa shape index (κ3) is 15.1. The van der Waals surface area contributed by atoms with Gasteiger partial charge in [0.05, 0.1) is 36.9 Å². The second kappa shape index (κ2) is 24.5. The number of ether oxygens (including phenoxy) is 2. The number of alkyl halides is 8. The van der Waals surface area contributed by atoms with Crippen LogP contribution in [0.15, 0.2) is 67.0 Å². The van der Waals surface area contributed by atoms with Gasteiger partial charge >= 0.3 is 31.1 Å². The van der Waals surface area contributed by atoms with Gasteiger partial charge in [0.2, 0.25) is 11.8 Å². The number of halogens is 10. The van der Waals surface area contributed by atoms with Crippen LogP contribution in [0, 0.1) is 34.3 Å². The van der Waals surface area contributed by atoms with Gasteiger partial charge < -0.3 is 40.3 Å². The van der Waals surface area contributed by atoms with Crippen molar-refractivity contribution in [1.82, 2.24) is 46.0 Å². The first-order valence-corrected chi connectivity index (χ1v) is 23.1. The number of carbonyl (C=O) groups excluding carboxylic acids is 5. The van der Waals surface area contributed by atoms with Crippen LogP contribution in [0.2, 0.25) is 0 Å². The topological polar surface area (TPSA) is 213 Å². The molecule has 18 nitrogen and oxygen atoms in total. The largest absolute Gasteiger partial charge is 0.453 e. The highest BCUT2D eigenvalue weighted by molar-refractivity contribution is 5.87. The lowest BCUT2D eigenvalue weighted by Crippen LogP contribution is -2.62. The van der Waals surface area contributed by atoms with E-state index in [-0.39, 0.29) is 34.0 Å². The van der Waals surface area contributed by atoms with Crippen molar-refractivity contribution in [2.24, 2.45) is 10.8 Å². The second-order valence-corrected chi connectivity index (χ2v) is 18.8. The van der Waals surface area contributed by atoms with E-state index in [1.54, 1.807) is 24.1 Å². The molecule has 3 heterocycles. The molecule has 5 rings (SSSR count). The Bertz CT molecular complexity index is 2800. The van der Waals surface area contributed by atoms with Crippen molar-refractivity contribution in [1.29, 1.82) is 0 Å². The third-order valence-corrected chi connectivity index (χ3v) is 12.6. The highest BCUT2D eigenvalue weighted by atomic mass is 19.4. The third-order valence-electron chi connectivity index (χ3n) is 12.6. The molecule has 1 saturated heterocycles. The number of carbonyl (C=O) groups is 5. The number of benzene rings is 2. The number of hydrogen-bond acceptors (Lipinski definition) is 12. The van der Waals surface area contributed by atoms with Crippen molar-refractivity contribution >= 4 is 35.7 Å². The molecule has 0 saturated carbocycles. The summed E-state index contributed by atoms with van der Waals surface area (Å²) >= 11 is 0. The number of nitrogens with one attached hydrogen (secondary N) is 4. The number of nitrogens with zero attached hydrogens (tertiary/aromatic N) is 6. The molecule has 418 valence electrons. The number of hydrogen-bond donors (Lipinski definition) is 5. The van der Waals surface area contributed by atoms with Gasteiger partial charge in [-0.2, -0.15) is 40.2 Å². The normalized spacial score (nSPS) is 15.0. The van der Waals surface area contributed by atoms with Crippen LogP contribution in [0.5, 0.6) is 0 Å². The number of piperazine rings is 1. The maximum absolute atomic E-state index is 16.0. The van der Waals surface area contributed by atoms with E-state index in [0.717, 1.165) is 26.4 Å². The number of anilines is 1. The smallest absolute Gasteiger partial charge is 0.407 e. The predicted octanol–water partition coefficient (Wildman–Crippen LogP) is 5.84. The molecule has 5 N–H and O–H groups in total. The molecule has 4 atom stereocenters. The lowest BCUT2D eigenvalue weighted by atomic mass is 9.82. The Morgan fingerprint density at radius 1 is 0.844 bits per heavy atom. The van der Waals surface area contributed by atoms with Gasteiger partial charge in [-0.25, -0.2) is 33.0 Å². The summed E-state index contributed by atoms with van der Waals surface area (Å²) in [6, 6.07) is 7.30. The summed E-state index contributed by atoms with van der Waals surface area (Å²) in [4.78, 5) is 72.6. The Morgan fingerprint density at radius 2 is 1.45 bits per heavy atom. The number of aliphatic hydroxyl groups excluding tert-OH is 1. The van der Waals surface area contributed by atoms with Crippen LogP contribution in [-0.4, -0.2) is 144 Å². The zero-order valence-electron chi connectivity index (χ0n) is 42.2. The Labute approximate surface area is 434 Å². The Morgan fingerprint density at radius 3 is 1.99 bits per heavy atom. The number of pyridine rings is 1. The molecule has 2 aromatic heterocycles. The van der Waals surface area contributed by atoms with E-state index in [1.165, 1.54) is 30.5 Å². The molecule has 0 unspecified atom stereocenters. The standard InChI is InChI=1S/C49H54F10N10O8/c1-46(2,48(54,55)56)39(63-45(75)76-7)41(72)62-35(20-28-11-8-27(9-12-28)10-13-29-14-15-37(61-23-29)67-19-18-66(6)38(71)26-67)36(70)25-68(65-42(73)40(77-44(74)60-5)47(3,4)49(57,58)59)24-31-32(50)21-30(22-33(31)51)34-16-17-69(64-34)43(52)53/h8-9,11-12,14-17,21-23,35-36,39-40,43,70H,18-20,24-26H2,1-7H3,(H,60,74)(H,62,72)(H,63,75)(H,65,73)/t35-,36-,39+,40+/m0/s1.